The van der Waals surface area contributed by atoms with Gasteiger partial charge in [0.15, 0.2) is 0 Å². The van der Waals surface area contributed by atoms with E-state index >= 15 is 0 Å². The van der Waals surface area contributed by atoms with Gasteiger partial charge in [-0.15, -0.1) is 0 Å². The second-order valence-electron chi connectivity index (χ2n) is 9.47. The van der Waals surface area contributed by atoms with Crippen molar-refractivity contribution in [1.29, 1.82) is 5.26 Å². The number of rotatable bonds is 0. The molecule has 4 aliphatic rings. The molecule has 4 fully saturated rings. The molecule has 0 aromatic heterocycles. The molecule has 0 heterocycles. The number of fused-ring (bicyclic) bond motifs is 5. The molecular weight excluding hydrogens is 270 g/mol. The summed E-state index contributed by atoms with van der Waals surface area (Å²) >= 11 is 0. The van der Waals surface area contributed by atoms with E-state index < -0.39 is 0 Å². The summed E-state index contributed by atoms with van der Waals surface area (Å²) in [6.07, 6.45) is 10.9. The van der Waals surface area contributed by atoms with Gasteiger partial charge < -0.3 is 5.11 Å². The fourth-order valence-corrected chi connectivity index (χ4v) is 7.47. The molecule has 122 valence electrons. The van der Waals surface area contributed by atoms with Crippen LogP contribution in [0.2, 0.25) is 0 Å². The lowest BCUT2D eigenvalue weighted by molar-refractivity contribution is -0.112. The van der Waals surface area contributed by atoms with Crippen LogP contribution in [0.3, 0.4) is 0 Å². The molecule has 0 aromatic rings. The molecule has 0 amide bonds. The number of hydrogen-bond donors (Lipinski definition) is 1. The number of nitrogens with zero attached hydrogens (tertiary/aromatic N) is 1. The van der Waals surface area contributed by atoms with E-state index in [1.54, 1.807) is 0 Å². The Morgan fingerprint density at radius 2 is 1.59 bits per heavy atom. The van der Waals surface area contributed by atoms with Gasteiger partial charge in [-0.2, -0.15) is 5.26 Å². The predicted molar refractivity (Wildman–Crippen MR) is 86.8 cm³/mol. The van der Waals surface area contributed by atoms with Crippen molar-refractivity contribution < 1.29 is 5.11 Å². The van der Waals surface area contributed by atoms with Crippen LogP contribution >= 0.6 is 0 Å². The van der Waals surface area contributed by atoms with E-state index in [0.29, 0.717) is 16.7 Å². The number of hydrogen-bond acceptors (Lipinski definition) is 2. The van der Waals surface area contributed by atoms with Crippen LogP contribution in [0.15, 0.2) is 0 Å². The third kappa shape index (κ3) is 1.94. The molecule has 4 saturated carbocycles. The summed E-state index contributed by atoms with van der Waals surface area (Å²) in [5.41, 5.74) is 0.692. The largest absolute Gasteiger partial charge is 0.393 e. The molecule has 0 saturated heterocycles. The first-order valence-corrected chi connectivity index (χ1v) is 9.55. The molecule has 22 heavy (non-hydrogen) atoms. The Bertz CT molecular complexity index is 496. The van der Waals surface area contributed by atoms with Gasteiger partial charge in [-0.3, -0.25) is 0 Å². The lowest BCUT2D eigenvalue weighted by atomic mass is 9.46. The molecule has 0 aromatic carbocycles. The minimum atomic E-state index is -0.0545. The fraction of sp³-hybridized carbons (Fsp3) is 0.950. The molecule has 2 nitrogen and oxygen atoms in total. The summed E-state index contributed by atoms with van der Waals surface area (Å²) in [5, 5.41) is 19.7. The van der Waals surface area contributed by atoms with Gasteiger partial charge in [-0.1, -0.05) is 13.8 Å². The number of aliphatic hydroxyl groups excluding tert-OH is 1. The highest BCUT2D eigenvalue weighted by atomic mass is 16.3. The maximum atomic E-state index is 10.1. The van der Waals surface area contributed by atoms with Crippen molar-refractivity contribution in [2.45, 2.75) is 77.7 Å². The Kier molecular flexibility index (Phi) is 3.39. The summed E-state index contributed by atoms with van der Waals surface area (Å²) in [7, 11) is 0. The number of aliphatic hydroxyl groups is 1. The Labute approximate surface area is 135 Å². The Balaban J connectivity index is 1.61. The second-order valence-corrected chi connectivity index (χ2v) is 9.47. The summed E-state index contributed by atoms with van der Waals surface area (Å²) in [6.45, 7) is 4.88. The Morgan fingerprint density at radius 3 is 2.36 bits per heavy atom. The minimum Gasteiger partial charge on any atom is -0.393 e. The van der Waals surface area contributed by atoms with Gasteiger partial charge in [0.05, 0.1) is 18.1 Å². The average molecular weight is 301 g/mol. The normalized spacial score (nSPS) is 57.4. The summed E-state index contributed by atoms with van der Waals surface area (Å²) in [5.74, 6) is 3.68. The second kappa shape index (κ2) is 4.97. The van der Waals surface area contributed by atoms with E-state index in [4.69, 9.17) is 0 Å². The Hall–Kier alpha value is -0.550. The van der Waals surface area contributed by atoms with E-state index in [9.17, 15) is 10.4 Å². The van der Waals surface area contributed by atoms with Crippen molar-refractivity contribution in [1.82, 2.24) is 0 Å². The maximum Gasteiger partial charge on any atom is 0.0661 e. The van der Waals surface area contributed by atoms with Crippen LogP contribution in [-0.4, -0.2) is 11.2 Å². The van der Waals surface area contributed by atoms with Crippen LogP contribution in [0, 0.1) is 51.8 Å². The quantitative estimate of drug-likeness (QED) is 0.714. The van der Waals surface area contributed by atoms with Crippen molar-refractivity contribution in [2.24, 2.45) is 40.4 Å². The van der Waals surface area contributed by atoms with Gasteiger partial charge in [-0.25, -0.2) is 0 Å². The van der Waals surface area contributed by atoms with Crippen LogP contribution < -0.4 is 0 Å². The highest BCUT2D eigenvalue weighted by molar-refractivity contribution is 5.11. The van der Waals surface area contributed by atoms with Gasteiger partial charge in [0.1, 0.15) is 0 Å². The highest BCUT2D eigenvalue weighted by Gasteiger charge is 2.59. The van der Waals surface area contributed by atoms with Gasteiger partial charge in [-0.05, 0) is 92.3 Å². The maximum absolute atomic E-state index is 10.1. The molecule has 4 aliphatic carbocycles. The predicted octanol–water partition coefficient (Wildman–Crippen LogP) is 4.53. The monoisotopic (exact) mass is 301 g/mol. The van der Waals surface area contributed by atoms with Crippen molar-refractivity contribution in [3.05, 3.63) is 0 Å². The lowest BCUT2D eigenvalue weighted by Gasteiger charge is -2.59. The van der Waals surface area contributed by atoms with Crippen LogP contribution in [0.5, 0.6) is 0 Å². The van der Waals surface area contributed by atoms with E-state index in [1.807, 2.05) is 0 Å². The molecule has 0 bridgehead atoms. The van der Waals surface area contributed by atoms with Crippen molar-refractivity contribution >= 4 is 0 Å². The van der Waals surface area contributed by atoms with Crippen molar-refractivity contribution in [2.75, 3.05) is 0 Å². The zero-order chi connectivity index (χ0) is 15.5. The van der Waals surface area contributed by atoms with Crippen LogP contribution in [0.1, 0.15) is 71.6 Å². The van der Waals surface area contributed by atoms with Crippen LogP contribution in [0.4, 0.5) is 0 Å². The molecular formula is C20H31NO. The molecule has 0 spiro atoms. The first-order valence-electron chi connectivity index (χ1n) is 9.55. The smallest absolute Gasteiger partial charge is 0.0661 e. The molecule has 8 atom stereocenters. The minimum absolute atomic E-state index is 0.0545. The highest BCUT2D eigenvalue weighted by Crippen LogP contribution is 2.66. The van der Waals surface area contributed by atoms with E-state index in [1.165, 1.54) is 38.5 Å². The van der Waals surface area contributed by atoms with Gasteiger partial charge in [0.25, 0.3) is 0 Å². The molecule has 2 heteroatoms. The molecule has 1 N–H and O–H groups in total. The zero-order valence-corrected chi connectivity index (χ0v) is 14.2. The molecule has 0 unspecified atom stereocenters. The third-order valence-electron chi connectivity index (χ3n) is 8.62. The van der Waals surface area contributed by atoms with Crippen LogP contribution in [0.25, 0.3) is 0 Å². The van der Waals surface area contributed by atoms with E-state index in [2.05, 4.69) is 19.9 Å². The Morgan fingerprint density at radius 1 is 0.909 bits per heavy atom. The van der Waals surface area contributed by atoms with E-state index in [-0.39, 0.29) is 6.10 Å². The van der Waals surface area contributed by atoms with Crippen molar-refractivity contribution in [3.8, 4) is 6.07 Å². The average Bonchev–Trinajstić information content (AvgIpc) is 2.82. The summed E-state index contributed by atoms with van der Waals surface area (Å²) < 4.78 is 0. The number of nitriles is 1. The molecule has 4 rings (SSSR count). The van der Waals surface area contributed by atoms with Crippen molar-refractivity contribution in [3.63, 3.8) is 0 Å². The topological polar surface area (TPSA) is 44.0 Å². The van der Waals surface area contributed by atoms with Gasteiger partial charge in [0, 0.05) is 0 Å². The SMILES string of the molecule is C[C@]12CC[C@@H]3[C@H](CC[C@]4(C)[C@@H](C#N)CC[C@@H]34)[C@H]1CC[C@@H](O)C2. The van der Waals surface area contributed by atoms with Gasteiger partial charge in [0.2, 0.25) is 0 Å². The summed E-state index contributed by atoms with van der Waals surface area (Å²) in [4.78, 5) is 0. The third-order valence-corrected chi connectivity index (χ3v) is 8.62. The van der Waals surface area contributed by atoms with Crippen LogP contribution in [-0.2, 0) is 0 Å². The fourth-order valence-electron chi connectivity index (χ4n) is 7.47. The first kappa shape index (κ1) is 15.0. The molecule has 0 aliphatic heterocycles. The summed E-state index contributed by atoms with van der Waals surface area (Å²) in [6, 6.07) is 2.64. The molecule has 0 radical (unpaired) electrons. The van der Waals surface area contributed by atoms with Gasteiger partial charge >= 0.3 is 0 Å². The standard InChI is InChI=1S/C20H31NO/c1-19-9-7-16-15(17(19)6-4-14(22)11-19)8-10-20(2)13(12-21)3-5-18(16)20/h13-18,22H,3-11H2,1-2H3/t13-,14-,15+,16-,17-,18+,19-,20-/m1/s1. The lowest BCUT2D eigenvalue weighted by Crippen LogP contribution is -2.52. The van der Waals surface area contributed by atoms with E-state index in [0.717, 1.165) is 42.9 Å². The zero-order valence-electron chi connectivity index (χ0n) is 14.2. The first-order chi connectivity index (χ1) is 10.5.